The molecule has 0 bridgehead atoms. The van der Waals surface area contributed by atoms with Crippen LogP contribution in [0.3, 0.4) is 0 Å². The summed E-state index contributed by atoms with van der Waals surface area (Å²) in [4.78, 5) is 4.07. The van der Waals surface area contributed by atoms with E-state index in [4.69, 9.17) is 94.8 Å². The molecule has 14 heteroatoms. The minimum absolute atomic E-state index is 0.0454. The lowest BCUT2D eigenvalue weighted by Gasteiger charge is -2.44. The van der Waals surface area contributed by atoms with Gasteiger partial charge in [-0.3, -0.25) is 0 Å². The van der Waals surface area contributed by atoms with E-state index in [2.05, 4.69) is 10.3 Å². The van der Waals surface area contributed by atoms with Crippen LogP contribution in [0.4, 0.5) is 5.69 Å². The van der Waals surface area contributed by atoms with Crippen molar-refractivity contribution in [1.82, 2.24) is 0 Å². The fourth-order valence-electron chi connectivity index (χ4n) is 3.27. The number of nitrogens with zero attached hydrogens (tertiary/aromatic N) is 1. The lowest BCUT2D eigenvalue weighted by atomic mass is 9.26. The number of aliphatic imine (C=N–C) groups is 1. The van der Waals surface area contributed by atoms with Gasteiger partial charge in [0.15, 0.2) is 5.60 Å². The average molecular weight is 399 g/mol. The molecule has 0 aromatic heterocycles. The van der Waals surface area contributed by atoms with Gasteiger partial charge >= 0.3 is 0 Å². The second-order valence-corrected chi connectivity index (χ2v) is 8.01. The Morgan fingerprint density at radius 2 is 1.42 bits per heavy atom. The van der Waals surface area contributed by atoms with Crippen LogP contribution in [-0.2, 0) is 10.3 Å². The van der Waals surface area contributed by atoms with E-state index in [-0.39, 0.29) is 38.9 Å². The molecule has 2 aromatic carbocycles. The predicted octanol–water partition coefficient (Wildman–Crippen LogP) is -4.06. The number of nitrogens with one attached hydrogen (secondary N) is 1. The van der Waals surface area contributed by atoms with Gasteiger partial charge in [-0.2, -0.15) is 0 Å². The Bertz CT molecular complexity index is 1070. The molecule has 1 N–H and O–H groups in total. The molecule has 0 aliphatic carbocycles. The normalized spacial score (nSPS) is 20.0. The Hall–Kier alpha value is -1.35. The van der Waals surface area contributed by atoms with Crippen LogP contribution in [0.15, 0.2) is 23.2 Å². The first kappa shape index (κ1) is 24.3. The SMILES string of the molecule is [B]c1c([B])c([B])c(C2(C)OC(=NC([B])([B])C([B])([B])[B])Nc3ccc(Cl)cc32)c([B])c1[B]. The van der Waals surface area contributed by atoms with Crippen molar-refractivity contribution in [1.29, 1.82) is 0 Å². The molecule has 3 nitrogen and oxygen atoms in total. The van der Waals surface area contributed by atoms with E-state index in [9.17, 15) is 0 Å². The Labute approximate surface area is 201 Å². The summed E-state index contributed by atoms with van der Waals surface area (Å²) in [6.45, 7) is 1.66. The molecule has 0 fully saturated rings. The molecule has 3 rings (SSSR count). The predicted molar refractivity (Wildman–Crippen MR) is 138 cm³/mol. The average Bonchev–Trinajstić information content (AvgIpc) is 2.64. The van der Waals surface area contributed by atoms with Crippen molar-refractivity contribution in [3.05, 3.63) is 34.3 Å². The number of hydrogen-bond acceptors (Lipinski definition) is 2. The first-order chi connectivity index (χ1) is 14.1. The number of rotatable bonds is 3. The van der Waals surface area contributed by atoms with Crippen molar-refractivity contribution in [2.24, 2.45) is 4.99 Å². The number of fused-ring (bicyclic) bond motifs is 1. The fraction of sp³-hybridized carbons (Fsp3) is 0.235. The molecule has 31 heavy (non-hydrogen) atoms. The highest BCUT2D eigenvalue weighted by Crippen LogP contribution is 2.41. The zero-order valence-electron chi connectivity index (χ0n) is 16.7. The zero-order valence-corrected chi connectivity index (χ0v) is 17.5. The summed E-state index contributed by atoms with van der Waals surface area (Å²) in [5.74, 6) is 0. The van der Waals surface area contributed by atoms with Crippen molar-refractivity contribution >= 4 is 129 Å². The number of anilines is 1. The van der Waals surface area contributed by atoms with Gasteiger partial charge < -0.3 is 10.1 Å². The Morgan fingerprint density at radius 1 is 0.903 bits per heavy atom. The van der Waals surface area contributed by atoms with Crippen molar-refractivity contribution in [2.75, 3.05) is 5.32 Å². The molecular weight excluding hydrogens is 392 g/mol. The molecule has 20 radical (unpaired) electrons. The van der Waals surface area contributed by atoms with Crippen molar-refractivity contribution in [3.63, 3.8) is 0 Å². The van der Waals surface area contributed by atoms with E-state index in [0.29, 0.717) is 16.3 Å². The molecular formula is C17H7B10ClN2O. The van der Waals surface area contributed by atoms with E-state index in [0.717, 1.165) is 0 Å². The maximum absolute atomic E-state index is 6.28. The van der Waals surface area contributed by atoms with Crippen molar-refractivity contribution in [2.45, 2.75) is 23.0 Å². The summed E-state index contributed by atoms with van der Waals surface area (Å²) in [5.41, 5.74) is 0.177. The summed E-state index contributed by atoms with van der Waals surface area (Å²) in [6, 6.07) is 4.81. The molecule has 0 saturated heterocycles. The van der Waals surface area contributed by atoms with Crippen LogP contribution in [0.1, 0.15) is 18.1 Å². The van der Waals surface area contributed by atoms with E-state index in [1.165, 1.54) is 0 Å². The number of halogens is 1. The highest BCUT2D eigenvalue weighted by atomic mass is 35.5. The molecule has 1 aliphatic rings. The van der Waals surface area contributed by atoms with Gasteiger partial charge in [-0.05, 0) is 36.0 Å². The third-order valence-corrected chi connectivity index (χ3v) is 5.43. The van der Waals surface area contributed by atoms with Gasteiger partial charge in [0.2, 0.25) is 0 Å². The quantitative estimate of drug-likeness (QED) is 0.534. The summed E-state index contributed by atoms with van der Waals surface area (Å²) in [5, 5.41) is -0.840. The van der Waals surface area contributed by atoms with Crippen LogP contribution in [-0.4, -0.2) is 89.8 Å². The first-order valence-corrected chi connectivity index (χ1v) is 9.30. The molecule has 2 aromatic rings. The second-order valence-electron chi connectivity index (χ2n) is 7.57. The standard InChI is InChI=1S/C17H7B10ClN2O/c1-15(8-9(18)11(20)13(22)12(21)10(8)19)6-4-5(28)2-3-7(6)29-14(31-15)30-17(26,27)16(23,24)25/h2-4H,1H3,(H,29,30). The van der Waals surface area contributed by atoms with Gasteiger partial charge in [0.1, 0.15) is 39.2 Å². The van der Waals surface area contributed by atoms with E-state index in [1.807, 2.05) is 0 Å². The molecule has 1 unspecified atom stereocenters. The molecule has 0 amide bonds. The molecule has 128 valence electrons. The van der Waals surface area contributed by atoms with Crippen LogP contribution in [0.2, 0.25) is 10.1 Å². The van der Waals surface area contributed by atoms with Crippen LogP contribution in [0.5, 0.6) is 0 Å². The minimum Gasteiger partial charge on any atom is -0.449 e. The van der Waals surface area contributed by atoms with E-state index in [1.54, 1.807) is 25.1 Å². The largest absolute Gasteiger partial charge is 0.449 e. The zero-order chi connectivity index (χ0) is 23.5. The maximum atomic E-state index is 6.28. The van der Waals surface area contributed by atoms with Crippen molar-refractivity contribution < 1.29 is 4.74 Å². The lowest BCUT2D eigenvalue weighted by Crippen LogP contribution is -2.60. The topological polar surface area (TPSA) is 33.6 Å². The van der Waals surface area contributed by atoms with Crippen LogP contribution in [0.25, 0.3) is 0 Å². The number of benzene rings is 2. The van der Waals surface area contributed by atoms with Gasteiger partial charge in [0.05, 0.1) is 39.2 Å². The van der Waals surface area contributed by atoms with Gasteiger partial charge in [-0.15, -0.1) is 21.5 Å². The summed E-state index contributed by atoms with van der Waals surface area (Å²) < 4.78 is 6.13. The first-order valence-electron chi connectivity index (χ1n) is 8.92. The minimum atomic E-state index is -2.11. The Balaban J connectivity index is 2.33. The van der Waals surface area contributed by atoms with Crippen LogP contribution < -0.4 is 32.6 Å². The number of amidine groups is 1. The van der Waals surface area contributed by atoms with Crippen molar-refractivity contribution in [3.8, 4) is 0 Å². The van der Waals surface area contributed by atoms with E-state index < -0.39 is 16.1 Å². The fourth-order valence-corrected chi connectivity index (χ4v) is 3.45. The van der Waals surface area contributed by atoms with Gasteiger partial charge in [-0.25, -0.2) is 4.99 Å². The Morgan fingerprint density at radius 3 is 1.94 bits per heavy atom. The molecule has 0 spiro atoms. The second kappa shape index (κ2) is 7.90. The molecule has 1 heterocycles. The summed E-state index contributed by atoms with van der Waals surface area (Å²) in [7, 11) is 59.3. The molecule has 1 aliphatic heterocycles. The Kier molecular flexibility index (Phi) is 6.19. The third-order valence-electron chi connectivity index (χ3n) is 5.19. The van der Waals surface area contributed by atoms with Crippen LogP contribution in [0, 0.1) is 0 Å². The summed E-state index contributed by atoms with van der Waals surface area (Å²) >= 11 is 6.23. The molecule has 1 atom stereocenters. The highest BCUT2D eigenvalue weighted by Gasteiger charge is 2.42. The summed E-state index contributed by atoms with van der Waals surface area (Å²) in [6.07, 6.45) is 0. The monoisotopic (exact) mass is 400 g/mol. The van der Waals surface area contributed by atoms with E-state index >= 15 is 0 Å². The van der Waals surface area contributed by atoms with Gasteiger partial charge in [0.25, 0.3) is 6.02 Å². The third kappa shape index (κ3) is 4.08. The molecule has 0 saturated carbocycles. The number of ether oxygens (including phenoxy) is 1. The maximum Gasteiger partial charge on any atom is 0.289 e. The smallest absolute Gasteiger partial charge is 0.289 e. The lowest BCUT2D eigenvalue weighted by molar-refractivity contribution is 0.114. The van der Waals surface area contributed by atoms with Crippen LogP contribution >= 0.6 is 11.6 Å². The number of hydrogen-bond donors (Lipinski definition) is 1. The van der Waals surface area contributed by atoms with Gasteiger partial charge in [-0.1, -0.05) is 22.5 Å². The van der Waals surface area contributed by atoms with Gasteiger partial charge in [0, 0.05) is 16.3 Å². The highest BCUT2D eigenvalue weighted by molar-refractivity contribution is 6.68.